The predicted molar refractivity (Wildman–Crippen MR) is 600 cm³/mol. The molecule has 0 saturated carbocycles. The first-order valence-corrected chi connectivity index (χ1v) is 50.1. The number of rotatable bonds is 16. The lowest BCUT2D eigenvalue weighted by Gasteiger charge is -2.32. The van der Waals surface area contributed by atoms with Crippen molar-refractivity contribution in [1.82, 2.24) is 27.4 Å². The van der Waals surface area contributed by atoms with Crippen LogP contribution in [0.5, 0.6) is 0 Å². The van der Waals surface area contributed by atoms with E-state index in [2.05, 4.69) is 439 Å². The van der Waals surface area contributed by atoms with E-state index < -0.39 is 0 Å². The van der Waals surface area contributed by atoms with Crippen molar-refractivity contribution >= 4 is 131 Å². The maximum absolute atomic E-state index is 12.1. The van der Waals surface area contributed by atoms with Crippen molar-refractivity contribution < 1.29 is 0 Å². The van der Waals surface area contributed by atoms with Crippen molar-refractivity contribution in [3.05, 3.63) is 429 Å². The minimum Gasteiger partial charge on any atom is -0.309 e. The lowest BCUT2D eigenvalue weighted by Crippen LogP contribution is -2.24. The van der Waals surface area contributed by atoms with Crippen molar-refractivity contribution in [3.8, 4) is 104 Å². The van der Waals surface area contributed by atoms with E-state index in [0.29, 0.717) is 39.8 Å². The van der Waals surface area contributed by atoms with Crippen LogP contribution in [0.25, 0.3) is 198 Å². The van der Waals surface area contributed by atoms with Gasteiger partial charge in [-0.3, -0.25) is 0 Å². The van der Waals surface area contributed by atoms with Crippen molar-refractivity contribution in [2.45, 2.75) is 131 Å². The number of fused-ring (bicyclic) bond motifs is 18. The van der Waals surface area contributed by atoms with Crippen molar-refractivity contribution in [2.75, 3.05) is 0 Å². The van der Waals surface area contributed by atoms with Gasteiger partial charge in [0.1, 0.15) is 18.2 Å². The zero-order valence-electron chi connectivity index (χ0n) is 83.9. The summed E-state index contributed by atoms with van der Waals surface area (Å²) in [5.74, 6) is 0. The Morgan fingerprint density at radius 2 is 0.521 bits per heavy atom. The molecule has 0 radical (unpaired) electrons. The summed E-state index contributed by atoms with van der Waals surface area (Å²) in [6, 6.07) is 138. The molecule has 6 aromatic heterocycles. The Hall–Kier alpha value is -18.3. The summed E-state index contributed by atoms with van der Waals surface area (Å²) in [5, 5.41) is 80.0. The van der Waals surface area contributed by atoms with Crippen LogP contribution in [0.4, 0.5) is 0 Å². The molecule has 24 aromatic rings. The molecule has 0 bridgehead atoms. The average molecular weight is 1880 g/mol. The lowest BCUT2D eigenvalue weighted by atomic mass is 9.72. The summed E-state index contributed by atoms with van der Waals surface area (Å²) in [4.78, 5) is 0. The first-order valence-electron chi connectivity index (χ1n) is 50.1. The molecule has 0 N–H and O–H groups in total. The third-order valence-corrected chi connectivity index (χ3v) is 31.0. The first-order chi connectivity index (χ1) is 70.6. The predicted octanol–water partition coefficient (Wildman–Crippen LogP) is 33.6. The Labute approximate surface area is 848 Å². The fraction of sp³-hybridized carbons (Fsp3) is 0.149. The second-order valence-corrected chi connectivity index (χ2v) is 43.2. The van der Waals surface area contributed by atoms with Crippen LogP contribution in [0.3, 0.4) is 0 Å². The standard InChI is InChI=1S/C134H102N12/c1-80-40-48-118-105(55-80)106-56-81(2)41-49-119(106)144(118)127-65-92(78-139)124(71-103(127)88-29-23-26-85(60-88)75-136)142-117-47-39-82(3)57-107(117)108-62-83(42-50-120(108)142)58-90-63-109-98-32-15-21-38-116(98)146(130(109)73-112(90)132(7,8)9)128-66-93(79-140)125(72-104(128)89-30-24-27-86(61-89)76-137)145-113-35-18-14-31-97(113)101-46-43-96(69-129(101)145)134(12,13)54-53-133(10,11)95-45-52-122-111(68-95)100-34-17-20-37-115(100)143(122)126-64-91(77-138)123(70-102(126)87-28-22-25-84(59-87)74-135)141-114-36-19-16-33-99(114)110-67-94(131(4,5)6)44-51-121(110)141/h14-52,55-57,59-73H,53-54,58H2,1-13H3. The molecule has 698 valence electrons. The van der Waals surface area contributed by atoms with E-state index in [-0.39, 0.29) is 21.7 Å². The zero-order valence-corrected chi connectivity index (χ0v) is 83.9. The van der Waals surface area contributed by atoms with Crippen LogP contribution >= 0.6 is 0 Å². The number of para-hydroxylation sites is 4. The van der Waals surface area contributed by atoms with Gasteiger partial charge in [0.05, 0.1) is 152 Å². The molecular weight excluding hydrogens is 1780 g/mol. The van der Waals surface area contributed by atoms with Gasteiger partial charge in [0, 0.05) is 81.3 Å². The van der Waals surface area contributed by atoms with Gasteiger partial charge in [-0.25, -0.2) is 0 Å². The Morgan fingerprint density at radius 3 is 0.911 bits per heavy atom. The number of aryl methyl sites for hydroxylation is 3. The molecule has 0 amide bonds. The minimum absolute atomic E-state index is 0.0820. The molecule has 0 spiro atoms. The van der Waals surface area contributed by atoms with Gasteiger partial charge in [0.15, 0.2) is 0 Å². The van der Waals surface area contributed by atoms with E-state index in [0.717, 1.165) is 233 Å². The average Bonchev–Trinajstić information content (AvgIpc) is 1.56. The maximum Gasteiger partial charge on any atom is 0.101 e. The van der Waals surface area contributed by atoms with Gasteiger partial charge in [-0.05, 0) is 300 Å². The van der Waals surface area contributed by atoms with Gasteiger partial charge in [-0.2, -0.15) is 31.6 Å². The van der Waals surface area contributed by atoms with Crippen LogP contribution in [0.15, 0.2) is 346 Å². The molecule has 0 aliphatic heterocycles. The molecule has 0 unspecified atom stereocenters. The van der Waals surface area contributed by atoms with Gasteiger partial charge >= 0.3 is 0 Å². The summed E-state index contributed by atoms with van der Waals surface area (Å²) in [5.41, 5.74) is 34.2. The molecule has 0 fully saturated rings. The number of hydrogen-bond acceptors (Lipinski definition) is 6. The number of nitrogens with zero attached hydrogens (tertiary/aromatic N) is 12. The van der Waals surface area contributed by atoms with E-state index in [4.69, 9.17) is 0 Å². The van der Waals surface area contributed by atoms with Crippen LogP contribution in [0.1, 0.15) is 166 Å². The van der Waals surface area contributed by atoms with Crippen LogP contribution < -0.4 is 0 Å². The Morgan fingerprint density at radius 1 is 0.219 bits per heavy atom. The van der Waals surface area contributed by atoms with Crippen molar-refractivity contribution in [1.29, 1.82) is 31.6 Å². The van der Waals surface area contributed by atoms with E-state index in [1.807, 2.05) is 60.7 Å². The summed E-state index contributed by atoms with van der Waals surface area (Å²) in [6.07, 6.45) is 2.28. The maximum atomic E-state index is 12.1. The number of hydrogen-bond donors (Lipinski definition) is 0. The van der Waals surface area contributed by atoms with Crippen LogP contribution in [0.2, 0.25) is 0 Å². The molecule has 0 atom stereocenters. The highest BCUT2D eigenvalue weighted by Crippen LogP contribution is 2.51. The van der Waals surface area contributed by atoms with Crippen LogP contribution in [-0.2, 0) is 28.1 Å². The minimum atomic E-state index is -0.368. The normalized spacial score (nSPS) is 12.2. The van der Waals surface area contributed by atoms with Crippen LogP contribution in [-0.4, -0.2) is 27.4 Å². The van der Waals surface area contributed by atoms with E-state index in [1.54, 1.807) is 0 Å². The quantitative estimate of drug-likeness (QED) is 0.0931. The smallest absolute Gasteiger partial charge is 0.101 e. The van der Waals surface area contributed by atoms with Crippen molar-refractivity contribution in [2.24, 2.45) is 0 Å². The lowest BCUT2D eigenvalue weighted by molar-refractivity contribution is 0.375. The van der Waals surface area contributed by atoms with E-state index in [1.165, 1.54) is 27.8 Å². The van der Waals surface area contributed by atoms with Gasteiger partial charge in [0.25, 0.3) is 0 Å². The van der Waals surface area contributed by atoms with Crippen molar-refractivity contribution in [3.63, 3.8) is 0 Å². The summed E-state index contributed by atoms with van der Waals surface area (Å²) < 4.78 is 13.8. The highest BCUT2D eigenvalue weighted by Gasteiger charge is 2.34. The van der Waals surface area contributed by atoms with Crippen LogP contribution in [0, 0.1) is 88.8 Å². The zero-order chi connectivity index (χ0) is 101. The van der Waals surface area contributed by atoms with E-state index >= 15 is 0 Å². The molecule has 12 nitrogen and oxygen atoms in total. The number of aromatic nitrogens is 6. The molecule has 24 rings (SSSR count). The Kier molecular flexibility index (Phi) is 21.0. The van der Waals surface area contributed by atoms with Gasteiger partial charge in [-0.15, -0.1) is 0 Å². The Balaban J connectivity index is 0.594. The SMILES string of the molecule is Cc1ccc2c(c1)c1cc(Cc3cc4c5ccccc5n(-c5cc(C#N)c(-n6c7ccccc7c7ccc(C(C)(C)CCC(C)(C)c8ccc9c(c8)c8ccccc8n9-c8cc(C#N)c(-n9c%10ccccc%10c%10cc(C(C)(C)C)ccc%109)cc8-c8cccc(C#N)c8)cc76)cc5-c5cccc(C#N)c5)c4cc3C(C)(C)C)ccc1n2-c1cc(-c2cccc(C#N)c2)c(-n2c3ccc(C)cc3c3cc(C)ccc32)cc1C#N. The molecule has 146 heavy (non-hydrogen) atoms. The molecule has 0 aliphatic carbocycles. The molecular formula is C134H102N12. The first kappa shape index (κ1) is 90.3. The Bertz CT molecular complexity index is 10000. The molecule has 12 heteroatoms. The summed E-state index contributed by atoms with van der Waals surface area (Å²) in [7, 11) is 0. The fourth-order valence-corrected chi connectivity index (χ4v) is 23.4. The number of nitriles is 6. The van der Waals surface area contributed by atoms with Gasteiger partial charge < -0.3 is 27.4 Å². The molecule has 6 heterocycles. The second-order valence-electron chi connectivity index (χ2n) is 43.2. The third kappa shape index (κ3) is 14.6. The second kappa shape index (κ2) is 34.0. The molecule has 0 aliphatic rings. The topological polar surface area (TPSA) is 172 Å². The van der Waals surface area contributed by atoms with Gasteiger partial charge in [0.2, 0.25) is 0 Å². The fourth-order valence-electron chi connectivity index (χ4n) is 23.4. The number of benzene rings is 18. The highest BCUT2D eigenvalue weighted by atomic mass is 15.0. The largest absolute Gasteiger partial charge is 0.309 e. The summed E-state index contributed by atoms with van der Waals surface area (Å²) >= 11 is 0. The monoisotopic (exact) mass is 1880 g/mol. The van der Waals surface area contributed by atoms with E-state index in [9.17, 15) is 31.6 Å². The molecule has 0 saturated heterocycles. The van der Waals surface area contributed by atoms with Gasteiger partial charge in [-0.1, -0.05) is 244 Å². The highest BCUT2D eigenvalue weighted by molar-refractivity contribution is 6.17. The third-order valence-electron chi connectivity index (χ3n) is 31.0. The molecule has 18 aromatic carbocycles. The summed E-state index contributed by atoms with van der Waals surface area (Å²) in [6.45, 7) is 29.4.